The average Bonchev–Trinajstić information content (AvgIpc) is 2.77. The monoisotopic (exact) mass is 280 g/mol. The number of benzene rings is 2. The summed E-state index contributed by atoms with van der Waals surface area (Å²) < 4.78 is 2.01. The van der Waals surface area contributed by atoms with E-state index in [4.69, 9.17) is 0 Å². The zero-order valence-electron chi connectivity index (χ0n) is 11.6. The van der Waals surface area contributed by atoms with Crippen LogP contribution in [0.1, 0.15) is 11.4 Å². The molecule has 0 atom stereocenters. The van der Waals surface area contributed by atoms with Crippen LogP contribution in [0, 0.1) is 13.8 Å². The summed E-state index contributed by atoms with van der Waals surface area (Å²) in [7, 11) is 0. The highest BCUT2D eigenvalue weighted by Crippen LogP contribution is 2.33. The van der Waals surface area contributed by atoms with Gasteiger partial charge in [-0.05, 0) is 38.1 Å². The lowest BCUT2D eigenvalue weighted by molar-refractivity contribution is 0.832. The standard InChI is InChI=1S/C17H16N2S/c1-13-17(20-16-11-7-4-8-12-16)14(2)19(18-13)15-9-5-3-6-10-15/h3-12H,1-2H3. The Labute approximate surface area is 123 Å². The summed E-state index contributed by atoms with van der Waals surface area (Å²) in [6.07, 6.45) is 0. The maximum Gasteiger partial charge on any atom is 0.0740 e. The van der Waals surface area contributed by atoms with Crippen LogP contribution in [0.2, 0.25) is 0 Å². The van der Waals surface area contributed by atoms with Crippen LogP contribution in [0.15, 0.2) is 70.5 Å². The molecule has 20 heavy (non-hydrogen) atoms. The molecule has 1 heterocycles. The van der Waals surface area contributed by atoms with E-state index < -0.39 is 0 Å². The van der Waals surface area contributed by atoms with E-state index in [0.717, 1.165) is 11.4 Å². The summed E-state index contributed by atoms with van der Waals surface area (Å²) in [6.45, 7) is 4.19. The summed E-state index contributed by atoms with van der Waals surface area (Å²) in [4.78, 5) is 2.48. The minimum atomic E-state index is 1.07. The second kappa shape index (κ2) is 5.55. The topological polar surface area (TPSA) is 17.8 Å². The van der Waals surface area contributed by atoms with Crippen molar-refractivity contribution < 1.29 is 0 Å². The molecule has 0 spiro atoms. The third-order valence-corrected chi connectivity index (χ3v) is 4.49. The number of aromatic nitrogens is 2. The van der Waals surface area contributed by atoms with Gasteiger partial charge in [0.05, 0.1) is 22.0 Å². The summed E-state index contributed by atoms with van der Waals surface area (Å²) in [5.41, 5.74) is 3.36. The van der Waals surface area contributed by atoms with Crippen molar-refractivity contribution in [3.63, 3.8) is 0 Å². The SMILES string of the molecule is Cc1nn(-c2ccccc2)c(C)c1Sc1ccccc1. The third-order valence-electron chi connectivity index (χ3n) is 3.19. The Balaban J connectivity index is 1.99. The quantitative estimate of drug-likeness (QED) is 0.695. The van der Waals surface area contributed by atoms with E-state index in [9.17, 15) is 0 Å². The normalized spacial score (nSPS) is 10.7. The van der Waals surface area contributed by atoms with Gasteiger partial charge in [0.2, 0.25) is 0 Å². The van der Waals surface area contributed by atoms with Crippen molar-refractivity contribution in [1.29, 1.82) is 0 Å². The van der Waals surface area contributed by atoms with Crippen LogP contribution in [-0.4, -0.2) is 9.78 Å². The molecule has 0 radical (unpaired) electrons. The number of rotatable bonds is 3. The first-order valence-corrected chi connectivity index (χ1v) is 7.42. The molecule has 0 aliphatic rings. The van der Waals surface area contributed by atoms with Gasteiger partial charge in [0.1, 0.15) is 0 Å². The molecular formula is C17H16N2S. The molecule has 100 valence electrons. The summed E-state index contributed by atoms with van der Waals surface area (Å²) >= 11 is 1.77. The van der Waals surface area contributed by atoms with Gasteiger partial charge >= 0.3 is 0 Å². The van der Waals surface area contributed by atoms with Crippen molar-refractivity contribution in [2.75, 3.05) is 0 Å². The minimum Gasteiger partial charge on any atom is -0.237 e. The maximum absolute atomic E-state index is 4.67. The molecule has 3 heteroatoms. The molecule has 0 aliphatic heterocycles. The van der Waals surface area contributed by atoms with E-state index in [1.165, 1.54) is 15.5 Å². The molecule has 3 rings (SSSR count). The predicted octanol–water partition coefficient (Wildman–Crippen LogP) is 4.64. The van der Waals surface area contributed by atoms with Gasteiger partial charge in [-0.15, -0.1) is 0 Å². The Morgan fingerprint density at radius 1 is 0.850 bits per heavy atom. The van der Waals surface area contributed by atoms with Crippen LogP contribution in [-0.2, 0) is 0 Å². The molecule has 0 N–H and O–H groups in total. The van der Waals surface area contributed by atoms with Crippen LogP contribution >= 0.6 is 11.8 Å². The highest BCUT2D eigenvalue weighted by atomic mass is 32.2. The minimum absolute atomic E-state index is 1.07. The van der Waals surface area contributed by atoms with Crippen LogP contribution < -0.4 is 0 Å². The van der Waals surface area contributed by atoms with E-state index in [1.807, 2.05) is 28.9 Å². The van der Waals surface area contributed by atoms with Crippen molar-refractivity contribution in [1.82, 2.24) is 9.78 Å². The molecule has 0 aliphatic carbocycles. The van der Waals surface area contributed by atoms with Crippen LogP contribution in [0.4, 0.5) is 0 Å². The Hall–Kier alpha value is -2.00. The molecule has 1 aromatic heterocycles. The van der Waals surface area contributed by atoms with Gasteiger partial charge in [-0.2, -0.15) is 5.10 Å². The van der Waals surface area contributed by atoms with Gasteiger partial charge in [-0.1, -0.05) is 48.2 Å². The lowest BCUT2D eigenvalue weighted by Gasteiger charge is -2.05. The fourth-order valence-electron chi connectivity index (χ4n) is 2.20. The summed E-state index contributed by atoms with van der Waals surface area (Å²) in [6, 6.07) is 20.7. The molecule has 2 aromatic carbocycles. The molecule has 0 unspecified atom stereocenters. The number of hydrogen-bond donors (Lipinski definition) is 0. The lowest BCUT2D eigenvalue weighted by atomic mass is 10.3. The van der Waals surface area contributed by atoms with E-state index >= 15 is 0 Å². The van der Waals surface area contributed by atoms with Gasteiger partial charge in [0.25, 0.3) is 0 Å². The molecule has 0 fully saturated rings. The zero-order valence-corrected chi connectivity index (χ0v) is 12.4. The first-order valence-electron chi connectivity index (χ1n) is 6.60. The van der Waals surface area contributed by atoms with Gasteiger partial charge in [-0.25, -0.2) is 4.68 Å². The smallest absolute Gasteiger partial charge is 0.0740 e. The third kappa shape index (κ3) is 2.49. The highest BCUT2D eigenvalue weighted by Gasteiger charge is 2.13. The van der Waals surface area contributed by atoms with Crippen molar-refractivity contribution in [2.24, 2.45) is 0 Å². The first-order chi connectivity index (χ1) is 9.75. The van der Waals surface area contributed by atoms with Crippen LogP contribution in [0.25, 0.3) is 5.69 Å². The van der Waals surface area contributed by atoms with Crippen molar-refractivity contribution in [2.45, 2.75) is 23.6 Å². The van der Waals surface area contributed by atoms with E-state index in [2.05, 4.69) is 55.3 Å². The van der Waals surface area contributed by atoms with E-state index in [0.29, 0.717) is 0 Å². The van der Waals surface area contributed by atoms with E-state index in [1.54, 1.807) is 11.8 Å². The second-order valence-electron chi connectivity index (χ2n) is 4.66. The van der Waals surface area contributed by atoms with Crippen molar-refractivity contribution in [3.05, 3.63) is 72.1 Å². The zero-order chi connectivity index (χ0) is 13.9. The average molecular weight is 280 g/mol. The molecule has 0 saturated heterocycles. The molecule has 2 nitrogen and oxygen atoms in total. The Morgan fingerprint density at radius 3 is 2.10 bits per heavy atom. The number of hydrogen-bond acceptors (Lipinski definition) is 2. The van der Waals surface area contributed by atoms with Gasteiger partial charge in [0.15, 0.2) is 0 Å². The van der Waals surface area contributed by atoms with Crippen LogP contribution in [0.3, 0.4) is 0 Å². The van der Waals surface area contributed by atoms with E-state index in [-0.39, 0.29) is 0 Å². The number of aryl methyl sites for hydroxylation is 1. The lowest BCUT2D eigenvalue weighted by Crippen LogP contribution is -1.98. The molecule has 3 aromatic rings. The van der Waals surface area contributed by atoms with Gasteiger partial charge in [-0.3, -0.25) is 0 Å². The Morgan fingerprint density at radius 2 is 1.45 bits per heavy atom. The fourth-order valence-corrected chi connectivity index (χ4v) is 3.15. The van der Waals surface area contributed by atoms with Crippen LogP contribution in [0.5, 0.6) is 0 Å². The summed E-state index contributed by atoms with van der Waals surface area (Å²) in [5.74, 6) is 0. The molecule has 0 bridgehead atoms. The fraction of sp³-hybridized carbons (Fsp3) is 0.118. The summed E-state index contributed by atoms with van der Waals surface area (Å²) in [5, 5.41) is 4.67. The Bertz CT molecular complexity index is 703. The first kappa shape index (κ1) is 13.0. The number of para-hydroxylation sites is 1. The largest absolute Gasteiger partial charge is 0.237 e. The van der Waals surface area contributed by atoms with Gasteiger partial charge in [0, 0.05) is 4.90 Å². The highest BCUT2D eigenvalue weighted by molar-refractivity contribution is 7.99. The second-order valence-corrected chi connectivity index (χ2v) is 5.75. The van der Waals surface area contributed by atoms with Crippen molar-refractivity contribution >= 4 is 11.8 Å². The Kier molecular flexibility index (Phi) is 3.61. The predicted molar refractivity (Wildman–Crippen MR) is 83.6 cm³/mol. The molecular weight excluding hydrogens is 264 g/mol. The molecule has 0 saturated carbocycles. The van der Waals surface area contributed by atoms with Crippen molar-refractivity contribution in [3.8, 4) is 5.69 Å². The number of nitrogens with zero attached hydrogens (tertiary/aromatic N) is 2. The van der Waals surface area contributed by atoms with Gasteiger partial charge < -0.3 is 0 Å². The maximum atomic E-state index is 4.67. The molecule has 0 amide bonds.